The predicted molar refractivity (Wildman–Crippen MR) is 97.8 cm³/mol. The van der Waals surface area contributed by atoms with E-state index in [1.54, 1.807) is 0 Å². The zero-order valence-electron chi connectivity index (χ0n) is 13.7. The van der Waals surface area contributed by atoms with Crippen LogP contribution in [0.3, 0.4) is 0 Å². The number of likely N-dealkylation sites (tertiary alicyclic amines) is 1. The van der Waals surface area contributed by atoms with Gasteiger partial charge in [0, 0.05) is 43.4 Å². The van der Waals surface area contributed by atoms with Crippen molar-refractivity contribution in [2.24, 2.45) is 10.1 Å². The summed E-state index contributed by atoms with van der Waals surface area (Å²) in [5.74, 6) is 0.493. The standard InChI is InChI=1S/C17H19BrFN5/c1-3-10-4-5-21-24-16(10)12-6-13(18)14(19)7-15(12)22-17(24)23-8-11(9-23)20-2/h5-7,11,20H,3-4,8-9H2,1-2H3. The Labute approximate surface area is 149 Å². The zero-order valence-corrected chi connectivity index (χ0v) is 15.3. The molecular formula is C17H19BrFN5. The van der Waals surface area contributed by atoms with Crippen molar-refractivity contribution < 1.29 is 4.39 Å². The fourth-order valence-corrected chi connectivity index (χ4v) is 3.65. The molecule has 0 atom stereocenters. The molecule has 4 rings (SSSR count). The highest BCUT2D eigenvalue weighted by molar-refractivity contribution is 9.10. The number of hydrazone groups is 1. The Kier molecular flexibility index (Phi) is 3.92. The van der Waals surface area contributed by atoms with Gasteiger partial charge in [0.15, 0.2) is 0 Å². The number of fused-ring (bicyclic) bond motifs is 3. The number of benzene rings is 1. The summed E-state index contributed by atoms with van der Waals surface area (Å²) < 4.78 is 14.5. The third-order valence-electron chi connectivity index (χ3n) is 4.78. The van der Waals surface area contributed by atoms with Crippen LogP contribution in [0.5, 0.6) is 0 Å². The Morgan fingerprint density at radius 3 is 2.88 bits per heavy atom. The summed E-state index contributed by atoms with van der Waals surface area (Å²) in [7, 11) is 1.96. The van der Waals surface area contributed by atoms with E-state index >= 15 is 0 Å². The second-order valence-corrected chi connectivity index (χ2v) is 7.06. The molecule has 1 aromatic carbocycles. The molecule has 24 heavy (non-hydrogen) atoms. The number of aliphatic imine (C=N–C) groups is 1. The van der Waals surface area contributed by atoms with Crippen LogP contribution in [-0.4, -0.2) is 48.3 Å². The topological polar surface area (TPSA) is 43.2 Å². The van der Waals surface area contributed by atoms with Crippen LogP contribution in [0.2, 0.25) is 0 Å². The van der Waals surface area contributed by atoms with Gasteiger partial charge in [-0.3, -0.25) is 0 Å². The first-order valence-corrected chi connectivity index (χ1v) is 8.96. The number of nitrogens with one attached hydrogen (secondary N) is 1. The lowest BCUT2D eigenvalue weighted by atomic mass is 9.97. The van der Waals surface area contributed by atoms with Gasteiger partial charge in [-0.1, -0.05) is 6.92 Å². The second kappa shape index (κ2) is 5.97. The molecule has 126 valence electrons. The average molecular weight is 392 g/mol. The molecule has 5 nitrogen and oxygen atoms in total. The van der Waals surface area contributed by atoms with Gasteiger partial charge < -0.3 is 10.2 Å². The maximum Gasteiger partial charge on any atom is 0.227 e. The lowest BCUT2D eigenvalue weighted by molar-refractivity contribution is 0.205. The number of hydrogen-bond donors (Lipinski definition) is 1. The highest BCUT2D eigenvalue weighted by Crippen LogP contribution is 2.42. The second-order valence-electron chi connectivity index (χ2n) is 6.21. The number of allylic oxidation sites excluding steroid dienone is 1. The maximum atomic E-state index is 14.1. The Hall–Kier alpha value is -1.73. The first kappa shape index (κ1) is 15.8. The van der Waals surface area contributed by atoms with E-state index in [0.717, 1.165) is 43.2 Å². The molecule has 3 aliphatic rings. The minimum absolute atomic E-state index is 0.292. The fourth-order valence-electron chi connectivity index (χ4n) is 3.31. The number of nitrogens with zero attached hydrogens (tertiary/aromatic N) is 4. The summed E-state index contributed by atoms with van der Waals surface area (Å²) in [6.07, 6.45) is 3.68. The van der Waals surface area contributed by atoms with Crippen molar-refractivity contribution in [2.45, 2.75) is 25.8 Å². The lowest BCUT2D eigenvalue weighted by Gasteiger charge is -2.45. The number of guanidine groups is 1. The van der Waals surface area contributed by atoms with E-state index < -0.39 is 0 Å². The highest BCUT2D eigenvalue weighted by Gasteiger charge is 2.37. The van der Waals surface area contributed by atoms with Crippen LogP contribution in [0.4, 0.5) is 10.1 Å². The van der Waals surface area contributed by atoms with Crippen molar-refractivity contribution in [2.75, 3.05) is 20.1 Å². The molecule has 3 aliphatic heterocycles. The third kappa shape index (κ3) is 2.38. The summed E-state index contributed by atoms with van der Waals surface area (Å²) in [6, 6.07) is 3.78. The molecule has 0 spiro atoms. The smallest absolute Gasteiger partial charge is 0.227 e. The van der Waals surface area contributed by atoms with Gasteiger partial charge in [-0.25, -0.2) is 14.4 Å². The molecule has 1 fully saturated rings. The molecule has 1 N–H and O–H groups in total. The van der Waals surface area contributed by atoms with E-state index in [2.05, 4.69) is 38.2 Å². The number of halogens is 2. The highest BCUT2D eigenvalue weighted by atomic mass is 79.9. The molecule has 1 aromatic rings. The van der Waals surface area contributed by atoms with E-state index in [4.69, 9.17) is 4.99 Å². The van der Waals surface area contributed by atoms with Crippen LogP contribution >= 0.6 is 15.9 Å². The summed E-state index contributed by atoms with van der Waals surface area (Å²) >= 11 is 3.30. The summed E-state index contributed by atoms with van der Waals surface area (Å²) in [6.45, 7) is 3.90. The lowest BCUT2D eigenvalue weighted by Crippen LogP contribution is -2.61. The Bertz CT molecular complexity index is 779. The van der Waals surface area contributed by atoms with Gasteiger partial charge in [-0.2, -0.15) is 5.10 Å². The van der Waals surface area contributed by atoms with Crippen LogP contribution in [0, 0.1) is 5.82 Å². The largest absolute Gasteiger partial charge is 0.337 e. The molecule has 3 heterocycles. The maximum absolute atomic E-state index is 14.1. The summed E-state index contributed by atoms with van der Waals surface area (Å²) in [5, 5.41) is 9.77. The molecule has 0 unspecified atom stereocenters. The van der Waals surface area contributed by atoms with Crippen molar-refractivity contribution in [1.29, 1.82) is 0 Å². The first-order chi connectivity index (χ1) is 11.6. The van der Waals surface area contributed by atoms with Crippen molar-refractivity contribution in [1.82, 2.24) is 15.2 Å². The van der Waals surface area contributed by atoms with Crippen molar-refractivity contribution in [3.63, 3.8) is 0 Å². The van der Waals surface area contributed by atoms with E-state index in [1.807, 2.05) is 24.3 Å². The van der Waals surface area contributed by atoms with Gasteiger partial charge in [0.2, 0.25) is 5.96 Å². The third-order valence-corrected chi connectivity index (χ3v) is 5.39. The molecule has 0 aromatic heterocycles. The van der Waals surface area contributed by atoms with E-state index in [0.29, 0.717) is 16.2 Å². The average Bonchev–Trinajstić information content (AvgIpc) is 2.55. The summed E-state index contributed by atoms with van der Waals surface area (Å²) in [5.41, 5.74) is 3.95. The molecule has 0 amide bonds. The van der Waals surface area contributed by atoms with Gasteiger partial charge in [-0.15, -0.1) is 0 Å². The van der Waals surface area contributed by atoms with Gasteiger partial charge >= 0.3 is 0 Å². The van der Waals surface area contributed by atoms with E-state index in [9.17, 15) is 4.39 Å². The molecule has 7 heteroatoms. The van der Waals surface area contributed by atoms with Crippen LogP contribution in [-0.2, 0) is 0 Å². The number of hydrogen-bond acceptors (Lipinski definition) is 5. The van der Waals surface area contributed by atoms with Crippen LogP contribution in [0.1, 0.15) is 25.3 Å². The molecule has 0 saturated carbocycles. The van der Waals surface area contributed by atoms with E-state index in [-0.39, 0.29) is 5.82 Å². The van der Waals surface area contributed by atoms with Crippen molar-refractivity contribution in [3.05, 3.63) is 33.6 Å². The molecular weight excluding hydrogens is 373 g/mol. The first-order valence-electron chi connectivity index (χ1n) is 8.17. The molecule has 0 aliphatic carbocycles. The normalized spacial score (nSPS) is 19.9. The zero-order chi connectivity index (χ0) is 16.8. The van der Waals surface area contributed by atoms with Gasteiger partial charge in [0.1, 0.15) is 5.82 Å². The fraction of sp³-hybridized carbons (Fsp3) is 0.412. The summed E-state index contributed by atoms with van der Waals surface area (Å²) in [4.78, 5) is 6.90. The quantitative estimate of drug-likeness (QED) is 0.840. The van der Waals surface area contributed by atoms with E-state index in [1.165, 1.54) is 11.6 Å². The number of rotatable bonds is 2. The molecule has 0 bridgehead atoms. The Morgan fingerprint density at radius 2 is 2.17 bits per heavy atom. The minimum Gasteiger partial charge on any atom is -0.337 e. The molecule has 1 saturated heterocycles. The van der Waals surface area contributed by atoms with Crippen molar-refractivity contribution in [3.8, 4) is 0 Å². The van der Waals surface area contributed by atoms with Crippen molar-refractivity contribution >= 4 is 39.5 Å². The Morgan fingerprint density at radius 1 is 1.38 bits per heavy atom. The van der Waals surface area contributed by atoms with Crippen LogP contribution < -0.4 is 5.32 Å². The van der Waals surface area contributed by atoms with Gasteiger partial charge in [0.05, 0.1) is 15.9 Å². The minimum atomic E-state index is -0.292. The van der Waals surface area contributed by atoms with Crippen LogP contribution in [0.25, 0.3) is 5.70 Å². The molecule has 0 radical (unpaired) electrons. The Balaban J connectivity index is 1.85. The van der Waals surface area contributed by atoms with Crippen LogP contribution in [0.15, 0.2) is 32.3 Å². The number of likely N-dealkylation sites (N-methyl/N-ethyl adjacent to an activating group) is 1. The monoisotopic (exact) mass is 391 g/mol. The van der Waals surface area contributed by atoms with Gasteiger partial charge in [0.25, 0.3) is 0 Å². The SMILES string of the molecule is CCC1=C2c3cc(Br)c(F)cc3N=C(N3CC(NC)C3)N2N=CC1. The van der Waals surface area contributed by atoms with Gasteiger partial charge in [-0.05, 0) is 41.0 Å². The predicted octanol–water partition coefficient (Wildman–Crippen LogP) is 3.31.